The van der Waals surface area contributed by atoms with E-state index in [0.717, 1.165) is 49.7 Å². The van der Waals surface area contributed by atoms with Crippen LogP contribution in [0.4, 0.5) is 0 Å². The monoisotopic (exact) mass is 509 g/mol. The maximum absolute atomic E-state index is 12.3. The number of ketones is 1. The fourth-order valence-corrected chi connectivity index (χ4v) is 9.19. The van der Waals surface area contributed by atoms with Gasteiger partial charge in [-0.05, 0) is 121 Å². The molecule has 198 valence electrons. The SMILES string of the molecule is C[C@]12C[C@H](c3ccc(-c4ccc(C#N)cc4)cc3)[C@H]3[C@@H](CCC4=CC(=O)CC[C@@H]43)[C@H]1CC[C@]2(O)CCCO. The highest BCUT2D eigenvalue weighted by Gasteiger charge is 2.64. The van der Waals surface area contributed by atoms with Crippen LogP contribution in [0.5, 0.6) is 0 Å². The van der Waals surface area contributed by atoms with Gasteiger partial charge in [-0.3, -0.25) is 4.79 Å². The van der Waals surface area contributed by atoms with Gasteiger partial charge >= 0.3 is 0 Å². The summed E-state index contributed by atoms with van der Waals surface area (Å²) in [7, 11) is 0. The molecule has 2 aromatic carbocycles. The van der Waals surface area contributed by atoms with Crippen molar-refractivity contribution in [2.24, 2.45) is 29.1 Å². The number of rotatable bonds is 5. The number of carbonyl (C=O) groups is 1. The molecule has 0 unspecified atom stereocenters. The average Bonchev–Trinajstić information content (AvgIpc) is 3.21. The molecule has 6 rings (SSSR count). The Hall–Kier alpha value is -2.74. The van der Waals surface area contributed by atoms with Crippen LogP contribution in [-0.2, 0) is 4.79 Å². The van der Waals surface area contributed by atoms with Crippen molar-refractivity contribution in [3.8, 4) is 17.2 Å². The molecule has 4 heteroatoms. The number of allylic oxidation sites excluding steroid dienone is 1. The molecule has 3 saturated carbocycles. The second-order valence-corrected chi connectivity index (χ2v) is 12.7. The van der Waals surface area contributed by atoms with Crippen molar-refractivity contribution < 1.29 is 15.0 Å². The molecule has 4 nitrogen and oxygen atoms in total. The smallest absolute Gasteiger partial charge is 0.155 e. The highest BCUT2D eigenvalue weighted by atomic mass is 16.3. The number of nitriles is 1. The largest absolute Gasteiger partial charge is 0.396 e. The van der Waals surface area contributed by atoms with Gasteiger partial charge in [0.1, 0.15) is 0 Å². The van der Waals surface area contributed by atoms with Crippen LogP contribution in [0, 0.1) is 40.4 Å². The van der Waals surface area contributed by atoms with Crippen LogP contribution in [0.3, 0.4) is 0 Å². The van der Waals surface area contributed by atoms with Crippen LogP contribution < -0.4 is 0 Å². The zero-order valence-corrected chi connectivity index (χ0v) is 22.4. The summed E-state index contributed by atoms with van der Waals surface area (Å²) in [6.07, 6.45) is 9.87. The zero-order chi connectivity index (χ0) is 26.5. The highest BCUT2D eigenvalue weighted by Crippen LogP contribution is 2.68. The average molecular weight is 510 g/mol. The first-order valence-electron chi connectivity index (χ1n) is 14.5. The van der Waals surface area contributed by atoms with Gasteiger partial charge in [0.2, 0.25) is 0 Å². The van der Waals surface area contributed by atoms with Crippen molar-refractivity contribution in [2.75, 3.05) is 6.61 Å². The fourth-order valence-electron chi connectivity index (χ4n) is 9.19. The van der Waals surface area contributed by atoms with E-state index in [2.05, 4.69) is 37.3 Å². The molecule has 0 bridgehead atoms. The maximum atomic E-state index is 12.3. The Morgan fingerprint density at radius 1 is 0.974 bits per heavy atom. The van der Waals surface area contributed by atoms with Crippen molar-refractivity contribution in [1.29, 1.82) is 5.26 Å². The third-order valence-electron chi connectivity index (χ3n) is 11.1. The molecule has 0 spiro atoms. The van der Waals surface area contributed by atoms with E-state index in [1.54, 1.807) is 0 Å². The van der Waals surface area contributed by atoms with E-state index >= 15 is 0 Å². The molecule has 7 atom stereocenters. The van der Waals surface area contributed by atoms with Gasteiger partial charge in [0.15, 0.2) is 5.78 Å². The molecule has 0 saturated heterocycles. The summed E-state index contributed by atoms with van der Waals surface area (Å²) in [4.78, 5) is 12.3. The number of fused-ring (bicyclic) bond motifs is 5. The van der Waals surface area contributed by atoms with E-state index < -0.39 is 5.60 Å². The molecule has 4 aliphatic carbocycles. The Balaban J connectivity index is 1.38. The standard InChI is InChI=1S/C34H39NO3/c1-33-20-30(25-9-7-24(8-10-25)23-5-3-22(21-35)4-6-23)32-28-14-12-27(37)19-26(28)11-13-29(32)31(33)15-17-34(33,38)16-2-18-36/h3-10,19,28-32,36,38H,2,11-18,20H2,1H3/t28-,29-,30+,31+,32+,33-,34+/m0/s1. The lowest BCUT2D eigenvalue weighted by molar-refractivity contribution is -0.131. The Labute approximate surface area is 226 Å². The molecule has 0 amide bonds. The number of benzene rings is 2. The zero-order valence-electron chi connectivity index (χ0n) is 22.4. The van der Waals surface area contributed by atoms with Crippen LogP contribution >= 0.6 is 0 Å². The lowest BCUT2D eigenvalue weighted by Gasteiger charge is -2.59. The molecule has 2 aromatic rings. The van der Waals surface area contributed by atoms with E-state index in [4.69, 9.17) is 5.26 Å². The van der Waals surface area contributed by atoms with Crippen LogP contribution in [0.25, 0.3) is 11.1 Å². The third-order valence-corrected chi connectivity index (χ3v) is 11.1. The van der Waals surface area contributed by atoms with Gasteiger partial charge in [0, 0.05) is 13.0 Å². The lowest BCUT2D eigenvalue weighted by atomic mass is 9.46. The minimum atomic E-state index is -0.731. The minimum Gasteiger partial charge on any atom is -0.396 e. The molecule has 0 heterocycles. The Morgan fingerprint density at radius 2 is 1.68 bits per heavy atom. The van der Waals surface area contributed by atoms with E-state index in [1.165, 1.54) is 11.1 Å². The second-order valence-electron chi connectivity index (χ2n) is 12.7. The third kappa shape index (κ3) is 4.07. The number of hydrogen-bond donors (Lipinski definition) is 2. The van der Waals surface area contributed by atoms with Gasteiger partial charge in [0.25, 0.3) is 0 Å². The highest BCUT2D eigenvalue weighted by molar-refractivity contribution is 5.91. The topological polar surface area (TPSA) is 81.3 Å². The Kier molecular flexibility index (Phi) is 6.57. The van der Waals surface area contributed by atoms with Crippen molar-refractivity contribution >= 4 is 5.78 Å². The molecule has 0 aromatic heterocycles. The van der Waals surface area contributed by atoms with Gasteiger partial charge in [-0.25, -0.2) is 0 Å². The molecule has 38 heavy (non-hydrogen) atoms. The predicted octanol–water partition coefficient (Wildman–Crippen LogP) is 6.56. The van der Waals surface area contributed by atoms with Crippen LogP contribution in [0.15, 0.2) is 60.2 Å². The van der Waals surface area contributed by atoms with E-state index in [1.807, 2.05) is 30.3 Å². The van der Waals surface area contributed by atoms with Gasteiger partial charge in [-0.2, -0.15) is 5.26 Å². The lowest BCUT2D eigenvalue weighted by Crippen LogP contribution is -2.55. The summed E-state index contributed by atoms with van der Waals surface area (Å²) >= 11 is 0. The molecule has 4 aliphatic rings. The number of nitrogens with zero attached hydrogens (tertiary/aromatic N) is 1. The normalized spacial score (nSPS) is 36.0. The van der Waals surface area contributed by atoms with E-state index in [0.29, 0.717) is 54.4 Å². The summed E-state index contributed by atoms with van der Waals surface area (Å²) in [5, 5.41) is 30.8. The van der Waals surface area contributed by atoms with Crippen LogP contribution in [0.2, 0.25) is 0 Å². The van der Waals surface area contributed by atoms with Crippen molar-refractivity contribution in [3.05, 3.63) is 71.3 Å². The number of aliphatic hydroxyl groups excluding tert-OH is 1. The van der Waals surface area contributed by atoms with Crippen molar-refractivity contribution in [1.82, 2.24) is 0 Å². The van der Waals surface area contributed by atoms with Gasteiger partial charge in [-0.15, -0.1) is 0 Å². The van der Waals surface area contributed by atoms with Gasteiger partial charge in [0.05, 0.1) is 17.2 Å². The Morgan fingerprint density at radius 3 is 2.37 bits per heavy atom. The van der Waals surface area contributed by atoms with Gasteiger partial charge in [-0.1, -0.05) is 48.9 Å². The van der Waals surface area contributed by atoms with E-state index in [9.17, 15) is 15.0 Å². The molecular formula is C34H39NO3. The summed E-state index contributed by atoms with van der Waals surface area (Å²) < 4.78 is 0. The van der Waals surface area contributed by atoms with E-state index in [-0.39, 0.29) is 17.8 Å². The quantitative estimate of drug-likeness (QED) is 0.478. The molecule has 2 N–H and O–H groups in total. The number of hydrogen-bond acceptors (Lipinski definition) is 4. The first-order valence-corrected chi connectivity index (χ1v) is 14.5. The fraction of sp³-hybridized carbons (Fsp3) is 0.529. The van der Waals surface area contributed by atoms with Crippen LogP contribution in [-0.4, -0.2) is 28.2 Å². The van der Waals surface area contributed by atoms with Gasteiger partial charge < -0.3 is 10.2 Å². The summed E-state index contributed by atoms with van der Waals surface area (Å²) in [6, 6.07) is 18.9. The Bertz CT molecular complexity index is 1270. The molecular weight excluding hydrogens is 470 g/mol. The molecule has 3 fully saturated rings. The first kappa shape index (κ1) is 25.5. The number of carbonyl (C=O) groups excluding carboxylic acids is 1. The number of aliphatic hydroxyl groups is 2. The summed E-state index contributed by atoms with van der Waals surface area (Å²) in [6.45, 7) is 2.46. The molecule has 0 aliphatic heterocycles. The summed E-state index contributed by atoms with van der Waals surface area (Å²) in [5.74, 6) is 2.63. The second kappa shape index (κ2) is 9.78. The minimum absolute atomic E-state index is 0.125. The maximum Gasteiger partial charge on any atom is 0.155 e. The van der Waals surface area contributed by atoms with Crippen molar-refractivity contribution in [2.45, 2.75) is 76.2 Å². The molecule has 0 radical (unpaired) electrons. The van der Waals surface area contributed by atoms with Crippen LogP contribution in [0.1, 0.15) is 81.8 Å². The van der Waals surface area contributed by atoms with Crippen molar-refractivity contribution in [3.63, 3.8) is 0 Å². The summed E-state index contributed by atoms with van der Waals surface area (Å²) in [5.41, 5.74) is 4.72. The predicted molar refractivity (Wildman–Crippen MR) is 148 cm³/mol. The first-order chi connectivity index (χ1) is 18.4.